The predicted octanol–water partition coefficient (Wildman–Crippen LogP) is 6.77. The molecule has 1 heterocycles. The third-order valence-corrected chi connectivity index (χ3v) is 7.34. The largest absolute Gasteiger partial charge is 0.385 e. The van der Waals surface area contributed by atoms with Crippen molar-refractivity contribution in [3.63, 3.8) is 0 Å². The molecule has 0 radical (unpaired) electrons. The monoisotopic (exact) mass is 443 g/mol. The zero-order valence-corrected chi connectivity index (χ0v) is 19.2. The molecule has 2 aromatic carbocycles. The van der Waals surface area contributed by atoms with Crippen molar-refractivity contribution in [1.82, 2.24) is 4.90 Å². The Morgan fingerprint density at radius 2 is 1.75 bits per heavy atom. The van der Waals surface area contributed by atoms with Gasteiger partial charge in [0.15, 0.2) is 0 Å². The molecule has 0 saturated carbocycles. The van der Waals surface area contributed by atoms with Gasteiger partial charge in [0.1, 0.15) is 0 Å². The highest BCUT2D eigenvalue weighted by Gasteiger charge is 2.33. The lowest BCUT2D eigenvalue weighted by molar-refractivity contribution is -0.0254. The molecule has 5 rings (SSSR count). The highest BCUT2D eigenvalue weighted by atomic mass is 35.5. The lowest BCUT2D eigenvalue weighted by atomic mass is 9.84. The molecule has 3 aliphatic rings. The van der Waals surface area contributed by atoms with Gasteiger partial charge in [-0.2, -0.15) is 0 Å². The lowest BCUT2D eigenvalue weighted by Gasteiger charge is -2.38. The average molecular weight is 444 g/mol. The van der Waals surface area contributed by atoms with E-state index in [1.807, 2.05) is 24.3 Å². The van der Waals surface area contributed by atoms with Crippen LogP contribution in [0.2, 0.25) is 5.02 Å². The molecule has 0 amide bonds. The minimum atomic E-state index is -0.737. The average Bonchev–Trinajstić information content (AvgIpc) is 2.98. The summed E-state index contributed by atoms with van der Waals surface area (Å²) in [6.45, 7) is 2.85. The third-order valence-electron chi connectivity index (χ3n) is 7.08. The summed E-state index contributed by atoms with van der Waals surface area (Å²) in [6, 6.07) is 16.4. The molecule has 2 aliphatic carbocycles. The van der Waals surface area contributed by atoms with Gasteiger partial charge in [-0.05, 0) is 77.6 Å². The standard InChI is InChI=1S/C29H30ClNO/c30-25-15-13-24(14-16-25)29(32)17-20-31(21-18-29)19-5-10-28-26-8-3-1-6-22(26)11-12-23-7-2-4-9-27(23)28/h1-3,6-8,10-16,32H,4-5,9,17-21H2/b28-10+. The van der Waals surface area contributed by atoms with E-state index in [1.165, 1.54) is 27.8 Å². The van der Waals surface area contributed by atoms with Crippen LogP contribution in [0.4, 0.5) is 0 Å². The van der Waals surface area contributed by atoms with E-state index in [2.05, 4.69) is 59.5 Å². The number of benzene rings is 2. The molecule has 2 nitrogen and oxygen atoms in total. The van der Waals surface area contributed by atoms with Crippen LogP contribution in [-0.4, -0.2) is 29.6 Å². The molecule has 32 heavy (non-hydrogen) atoms. The topological polar surface area (TPSA) is 23.5 Å². The zero-order chi connectivity index (χ0) is 22.0. The molecule has 0 spiro atoms. The fourth-order valence-electron chi connectivity index (χ4n) is 5.18. The van der Waals surface area contributed by atoms with Crippen molar-refractivity contribution in [2.75, 3.05) is 19.6 Å². The molecule has 0 unspecified atom stereocenters. The number of hydrogen-bond donors (Lipinski definition) is 1. The van der Waals surface area contributed by atoms with E-state index in [4.69, 9.17) is 11.6 Å². The Labute approximate surface area is 196 Å². The van der Waals surface area contributed by atoms with Crippen LogP contribution in [0.1, 0.15) is 48.8 Å². The highest BCUT2D eigenvalue weighted by molar-refractivity contribution is 6.30. The van der Waals surface area contributed by atoms with Crippen LogP contribution in [-0.2, 0) is 5.60 Å². The Balaban J connectivity index is 1.28. The second-order valence-electron chi connectivity index (χ2n) is 9.08. The fraction of sp³-hybridized carbons (Fsp3) is 0.310. The summed E-state index contributed by atoms with van der Waals surface area (Å²) >= 11 is 6.02. The van der Waals surface area contributed by atoms with E-state index in [0.717, 1.165) is 57.3 Å². The minimum absolute atomic E-state index is 0.713. The molecule has 2 aromatic rings. The second-order valence-corrected chi connectivity index (χ2v) is 9.52. The molecule has 164 valence electrons. The molecule has 0 aromatic heterocycles. The van der Waals surface area contributed by atoms with Gasteiger partial charge in [0.25, 0.3) is 0 Å². The second kappa shape index (κ2) is 9.23. The van der Waals surface area contributed by atoms with Crippen LogP contribution in [0.25, 0.3) is 11.6 Å². The Bertz CT molecular complexity index is 1100. The molecule has 3 heteroatoms. The van der Waals surface area contributed by atoms with Crippen LogP contribution < -0.4 is 0 Å². The summed E-state index contributed by atoms with van der Waals surface area (Å²) in [5.41, 5.74) is 7.12. The number of fused-ring (bicyclic) bond motifs is 1. The van der Waals surface area contributed by atoms with E-state index in [1.54, 1.807) is 0 Å². The summed E-state index contributed by atoms with van der Waals surface area (Å²) in [6.07, 6.45) is 16.3. The number of likely N-dealkylation sites (tertiary alicyclic amines) is 1. The molecule has 0 atom stereocenters. The summed E-state index contributed by atoms with van der Waals surface area (Å²) < 4.78 is 0. The maximum atomic E-state index is 11.1. The quantitative estimate of drug-likeness (QED) is 0.563. The fourth-order valence-corrected chi connectivity index (χ4v) is 5.30. The van der Waals surface area contributed by atoms with Crippen LogP contribution >= 0.6 is 11.6 Å². The Morgan fingerprint density at radius 3 is 2.56 bits per heavy atom. The number of hydrogen-bond acceptors (Lipinski definition) is 2. The first-order valence-corrected chi connectivity index (χ1v) is 12.1. The lowest BCUT2D eigenvalue weighted by Crippen LogP contribution is -2.42. The van der Waals surface area contributed by atoms with Gasteiger partial charge in [0.05, 0.1) is 5.60 Å². The Hall–Kier alpha value is -2.39. The van der Waals surface area contributed by atoms with E-state index >= 15 is 0 Å². The SMILES string of the molecule is OC1(c2ccc(Cl)cc2)CCN(CC/C=C2/C3=C(C=CCC3)C=Cc3ccccc32)CC1. The first-order valence-electron chi connectivity index (χ1n) is 11.7. The molecule has 1 fully saturated rings. The number of halogens is 1. The molecule has 1 aliphatic heterocycles. The Kier molecular flexibility index (Phi) is 6.19. The van der Waals surface area contributed by atoms with Gasteiger partial charge in [-0.1, -0.05) is 78.4 Å². The van der Waals surface area contributed by atoms with Gasteiger partial charge in [0, 0.05) is 24.7 Å². The van der Waals surface area contributed by atoms with Gasteiger partial charge >= 0.3 is 0 Å². The normalized spacial score (nSPS) is 21.4. The van der Waals surface area contributed by atoms with Crippen molar-refractivity contribution in [2.24, 2.45) is 0 Å². The molecular formula is C29H30ClNO. The van der Waals surface area contributed by atoms with Crippen LogP contribution in [0.15, 0.2) is 84.0 Å². The third kappa shape index (κ3) is 4.41. The summed E-state index contributed by atoms with van der Waals surface area (Å²) in [5.74, 6) is 0. The van der Waals surface area contributed by atoms with E-state index in [-0.39, 0.29) is 0 Å². The summed E-state index contributed by atoms with van der Waals surface area (Å²) in [4.78, 5) is 2.48. The van der Waals surface area contributed by atoms with Crippen LogP contribution in [0, 0.1) is 0 Å². The van der Waals surface area contributed by atoms with Crippen molar-refractivity contribution in [2.45, 2.75) is 37.7 Å². The minimum Gasteiger partial charge on any atom is -0.385 e. The van der Waals surface area contributed by atoms with E-state index in [0.29, 0.717) is 5.02 Å². The summed E-state index contributed by atoms with van der Waals surface area (Å²) in [5, 5.41) is 11.9. The van der Waals surface area contributed by atoms with Crippen LogP contribution in [0.3, 0.4) is 0 Å². The predicted molar refractivity (Wildman–Crippen MR) is 134 cm³/mol. The smallest absolute Gasteiger partial charge is 0.0920 e. The van der Waals surface area contributed by atoms with Gasteiger partial charge in [-0.15, -0.1) is 0 Å². The molecule has 0 bridgehead atoms. The number of aliphatic hydroxyl groups is 1. The van der Waals surface area contributed by atoms with E-state index in [9.17, 15) is 5.11 Å². The van der Waals surface area contributed by atoms with Crippen molar-refractivity contribution in [1.29, 1.82) is 0 Å². The van der Waals surface area contributed by atoms with Crippen molar-refractivity contribution in [3.05, 3.63) is 106 Å². The number of piperidine rings is 1. The van der Waals surface area contributed by atoms with Gasteiger partial charge in [-0.25, -0.2) is 0 Å². The van der Waals surface area contributed by atoms with Crippen molar-refractivity contribution in [3.8, 4) is 0 Å². The van der Waals surface area contributed by atoms with Gasteiger partial charge in [0.2, 0.25) is 0 Å². The zero-order valence-electron chi connectivity index (χ0n) is 18.4. The first-order chi connectivity index (χ1) is 15.6. The molecular weight excluding hydrogens is 414 g/mol. The van der Waals surface area contributed by atoms with E-state index < -0.39 is 5.60 Å². The number of nitrogens with zero attached hydrogens (tertiary/aromatic N) is 1. The Morgan fingerprint density at radius 1 is 0.969 bits per heavy atom. The molecule has 1 saturated heterocycles. The summed E-state index contributed by atoms with van der Waals surface area (Å²) in [7, 11) is 0. The first kappa shape index (κ1) is 21.5. The van der Waals surface area contributed by atoms with Crippen LogP contribution in [0.5, 0.6) is 0 Å². The maximum absolute atomic E-state index is 11.1. The van der Waals surface area contributed by atoms with Gasteiger partial charge < -0.3 is 10.0 Å². The maximum Gasteiger partial charge on any atom is 0.0920 e. The highest BCUT2D eigenvalue weighted by Crippen LogP contribution is 2.38. The van der Waals surface area contributed by atoms with Crippen molar-refractivity contribution < 1.29 is 5.11 Å². The number of rotatable bonds is 4. The number of allylic oxidation sites excluding steroid dienone is 6. The van der Waals surface area contributed by atoms with Crippen molar-refractivity contribution >= 4 is 23.3 Å². The molecule has 1 N–H and O–H groups in total. The van der Waals surface area contributed by atoms with Gasteiger partial charge in [-0.3, -0.25) is 0 Å².